The highest BCUT2D eigenvalue weighted by molar-refractivity contribution is 5.63. The van der Waals surface area contributed by atoms with E-state index in [0.717, 1.165) is 11.3 Å². The summed E-state index contributed by atoms with van der Waals surface area (Å²) in [5.41, 5.74) is 1.68. The van der Waals surface area contributed by atoms with Crippen LogP contribution in [0.5, 0.6) is 0 Å². The second-order valence-electron chi connectivity index (χ2n) is 3.82. The molecule has 0 atom stereocenters. The lowest BCUT2D eigenvalue weighted by atomic mass is 10.3. The highest BCUT2D eigenvalue weighted by atomic mass is 16.4. The predicted octanol–water partition coefficient (Wildman–Crippen LogP) is -0.725. The minimum absolute atomic E-state index is 0.0576. The molecule has 6 nitrogen and oxygen atoms in total. The molecule has 2 heterocycles. The predicted molar refractivity (Wildman–Crippen MR) is 59.8 cm³/mol. The van der Waals surface area contributed by atoms with Crippen molar-refractivity contribution in [3.8, 4) is 11.4 Å². The first-order valence-corrected chi connectivity index (χ1v) is 5.51. The lowest BCUT2D eigenvalue weighted by Gasteiger charge is -2.00. The molecule has 18 heavy (non-hydrogen) atoms. The van der Waals surface area contributed by atoms with Crippen LogP contribution < -0.4 is 9.79 Å². The quantitative estimate of drug-likeness (QED) is 0.662. The van der Waals surface area contributed by atoms with Gasteiger partial charge in [0.2, 0.25) is 0 Å². The van der Waals surface area contributed by atoms with Crippen molar-refractivity contribution >= 4 is 5.97 Å². The van der Waals surface area contributed by atoms with Gasteiger partial charge >= 0.3 is 0 Å². The number of rotatable bonds is 4. The number of hydrogen-bond donors (Lipinski definition) is 0. The van der Waals surface area contributed by atoms with E-state index in [0.29, 0.717) is 5.82 Å². The van der Waals surface area contributed by atoms with Crippen LogP contribution >= 0.6 is 0 Å². The van der Waals surface area contributed by atoms with Gasteiger partial charge in [-0.25, -0.2) is 9.97 Å². The van der Waals surface area contributed by atoms with Crippen molar-refractivity contribution in [3.63, 3.8) is 0 Å². The standard InChI is InChI=1S/C12H12N4O2/c1-9-2-5-13-12(15-9)10-3-6-16(14-8-10)7-4-11(17)18/h2-3,5-6,8H,4,7H2,1H3. The van der Waals surface area contributed by atoms with Gasteiger partial charge in [0.25, 0.3) is 0 Å². The fourth-order valence-electron chi connectivity index (χ4n) is 1.44. The van der Waals surface area contributed by atoms with Crippen molar-refractivity contribution in [3.05, 3.63) is 36.4 Å². The molecule has 0 aliphatic carbocycles. The molecule has 0 amide bonds. The number of aliphatic carboxylic acids is 1. The van der Waals surface area contributed by atoms with E-state index in [1.807, 2.05) is 13.0 Å². The van der Waals surface area contributed by atoms with Crippen LogP contribution in [0.4, 0.5) is 0 Å². The third-order valence-electron chi connectivity index (χ3n) is 2.37. The van der Waals surface area contributed by atoms with Crippen LogP contribution in [0.2, 0.25) is 0 Å². The molecule has 0 aromatic carbocycles. The van der Waals surface area contributed by atoms with Gasteiger partial charge in [0.1, 0.15) is 6.20 Å². The van der Waals surface area contributed by atoms with Gasteiger partial charge in [-0.2, -0.15) is 0 Å². The number of carboxylic acids is 1. The summed E-state index contributed by atoms with van der Waals surface area (Å²) >= 11 is 0. The van der Waals surface area contributed by atoms with E-state index in [4.69, 9.17) is 0 Å². The third-order valence-corrected chi connectivity index (χ3v) is 2.37. The van der Waals surface area contributed by atoms with Crippen LogP contribution in [0.3, 0.4) is 0 Å². The summed E-state index contributed by atoms with van der Waals surface area (Å²) in [5.74, 6) is -0.482. The van der Waals surface area contributed by atoms with Crippen molar-refractivity contribution < 1.29 is 14.6 Å². The Balaban J connectivity index is 2.14. The normalized spacial score (nSPS) is 10.3. The minimum atomic E-state index is -1.09. The van der Waals surface area contributed by atoms with Gasteiger partial charge in [0.15, 0.2) is 18.6 Å². The summed E-state index contributed by atoms with van der Waals surface area (Å²) in [5, 5.41) is 14.4. The summed E-state index contributed by atoms with van der Waals surface area (Å²) in [6, 6.07) is 3.62. The van der Waals surface area contributed by atoms with Crippen molar-refractivity contribution in [1.82, 2.24) is 15.1 Å². The number of carbonyl (C=O) groups is 1. The van der Waals surface area contributed by atoms with E-state index < -0.39 is 5.97 Å². The Hall–Kier alpha value is -2.37. The van der Waals surface area contributed by atoms with Crippen molar-refractivity contribution in [2.75, 3.05) is 0 Å². The molecule has 0 radical (unpaired) electrons. The molecule has 0 bridgehead atoms. The minimum Gasteiger partial charge on any atom is -0.550 e. The second kappa shape index (κ2) is 5.31. The lowest BCUT2D eigenvalue weighted by molar-refractivity contribution is -0.753. The van der Waals surface area contributed by atoms with E-state index in [2.05, 4.69) is 15.1 Å². The summed E-state index contributed by atoms with van der Waals surface area (Å²) < 4.78 is 1.54. The van der Waals surface area contributed by atoms with Crippen LogP contribution in [-0.2, 0) is 11.3 Å². The lowest BCUT2D eigenvalue weighted by Crippen LogP contribution is -2.40. The van der Waals surface area contributed by atoms with Gasteiger partial charge in [-0.3, -0.25) is 0 Å². The average molecular weight is 244 g/mol. The molecule has 0 saturated heterocycles. The number of aromatic nitrogens is 4. The van der Waals surface area contributed by atoms with E-state index in [9.17, 15) is 9.90 Å². The van der Waals surface area contributed by atoms with Crippen LogP contribution in [0, 0.1) is 6.92 Å². The highest BCUT2D eigenvalue weighted by Gasteiger charge is 2.06. The molecule has 0 N–H and O–H groups in total. The molecule has 2 rings (SSSR count). The summed E-state index contributed by atoms with van der Waals surface area (Å²) in [4.78, 5) is 18.8. The average Bonchev–Trinajstić information content (AvgIpc) is 2.37. The second-order valence-corrected chi connectivity index (χ2v) is 3.82. The van der Waals surface area contributed by atoms with Gasteiger partial charge in [-0.1, -0.05) is 4.68 Å². The highest BCUT2D eigenvalue weighted by Crippen LogP contribution is 2.10. The van der Waals surface area contributed by atoms with Crippen LogP contribution in [0.25, 0.3) is 11.4 Å². The van der Waals surface area contributed by atoms with E-state index in [1.165, 1.54) is 4.68 Å². The van der Waals surface area contributed by atoms with Crippen LogP contribution in [0.1, 0.15) is 12.1 Å². The van der Waals surface area contributed by atoms with E-state index >= 15 is 0 Å². The summed E-state index contributed by atoms with van der Waals surface area (Å²) in [6.07, 6.45) is 4.95. The molecular weight excluding hydrogens is 232 g/mol. The zero-order valence-electron chi connectivity index (χ0n) is 9.91. The smallest absolute Gasteiger partial charge is 0.197 e. The first-order chi connectivity index (χ1) is 8.65. The number of carboxylic acid groups (broad SMARTS) is 1. The van der Waals surface area contributed by atoms with Gasteiger partial charge in [0.05, 0.1) is 0 Å². The largest absolute Gasteiger partial charge is 0.550 e. The third kappa shape index (κ3) is 3.07. The zero-order chi connectivity index (χ0) is 13.0. The zero-order valence-corrected chi connectivity index (χ0v) is 9.91. The first-order valence-electron chi connectivity index (χ1n) is 5.51. The molecule has 0 spiro atoms. The van der Waals surface area contributed by atoms with Gasteiger partial charge in [-0.05, 0) is 18.1 Å². The Morgan fingerprint density at radius 2 is 2.28 bits per heavy atom. The van der Waals surface area contributed by atoms with Crippen molar-refractivity contribution in [2.24, 2.45) is 0 Å². The van der Waals surface area contributed by atoms with Gasteiger partial charge in [-0.15, -0.1) is 0 Å². The van der Waals surface area contributed by atoms with Gasteiger partial charge in [0, 0.05) is 35.9 Å². The molecule has 92 valence electrons. The Labute approximate surface area is 104 Å². The topological polar surface area (TPSA) is 82.7 Å². The Kier molecular flexibility index (Phi) is 3.57. The van der Waals surface area contributed by atoms with Gasteiger partial charge < -0.3 is 9.90 Å². The Morgan fingerprint density at radius 3 is 2.89 bits per heavy atom. The fraction of sp³-hybridized carbons (Fsp3) is 0.250. The SMILES string of the molecule is Cc1ccnc(-c2cc[n+](CCC(=O)[O-])nc2)n1. The van der Waals surface area contributed by atoms with Crippen LogP contribution in [0.15, 0.2) is 30.7 Å². The molecule has 2 aromatic rings. The molecule has 0 saturated carbocycles. The number of nitrogens with zero attached hydrogens (tertiary/aromatic N) is 4. The van der Waals surface area contributed by atoms with Crippen LogP contribution in [-0.4, -0.2) is 21.0 Å². The number of aryl methyl sites for hydroxylation is 2. The maximum atomic E-state index is 10.3. The molecule has 0 aliphatic heterocycles. The van der Waals surface area contributed by atoms with Crippen molar-refractivity contribution in [2.45, 2.75) is 19.9 Å². The van der Waals surface area contributed by atoms with Crippen molar-refractivity contribution in [1.29, 1.82) is 0 Å². The fourth-order valence-corrected chi connectivity index (χ4v) is 1.44. The first kappa shape index (κ1) is 12.1. The molecule has 0 aliphatic rings. The molecule has 0 unspecified atom stereocenters. The number of carbonyl (C=O) groups excluding carboxylic acids is 1. The molecule has 6 heteroatoms. The van der Waals surface area contributed by atoms with E-state index in [1.54, 1.807) is 24.7 Å². The Morgan fingerprint density at radius 1 is 1.44 bits per heavy atom. The molecular formula is C12H12N4O2. The molecule has 0 fully saturated rings. The number of hydrogen-bond acceptors (Lipinski definition) is 5. The molecule has 2 aromatic heterocycles. The monoisotopic (exact) mass is 244 g/mol. The Bertz CT molecular complexity index is 554. The maximum Gasteiger partial charge on any atom is 0.197 e. The summed E-state index contributed by atoms with van der Waals surface area (Å²) in [6.45, 7) is 2.18. The maximum absolute atomic E-state index is 10.3. The summed E-state index contributed by atoms with van der Waals surface area (Å²) in [7, 11) is 0. The van der Waals surface area contributed by atoms with E-state index in [-0.39, 0.29) is 13.0 Å².